The summed E-state index contributed by atoms with van der Waals surface area (Å²) >= 11 is 7.41. The molecule has 0 spiro atoms. The summed E-state index contributed by atoms with van der Waals surface area (Å²) < 4.78 is 0. The van der Waals surface area contributed by atoms with Gasteiger partial charge >= 0.3 is 0 Å². The fourth-order valence-electron chi connectivity index (χ4n) is 3.35. The second kappa shape index (κ2) is 5.76. The molecule has 2 bridgehead atoms. The monoisotopic (exact) mass is 295 g/mol. The molecule has 2 saturated carbocycles. The number of benzene rings is 1. The van der Waals surface area contributed by atoms with E-state index in [2.05, 4.69) is 5.32 Å². The Kier molecular flexibility index (Phi) is 4.04. The van der Waals surface area contributed by atoms with Crippen molar-refractivity contribution in [3.05, 3.63) is 29.3 Å². The molecule has 2 nitrogen and oxygen atoms in total. The topological polar surface area (TPSA) is 29.1 Å². The van der Waals surface area contributed by atoms with Gasteiger partial charge in [0.25, 0.3) is 0 Å². The standard InChI is InChI=1S/C15H18ClNOS/c16-12-3-5-13(6-4-12)19-9-15(18)17-14-8-10-1-2-11(14)7-10/h3-6,10-11,14H,1-2,7-9H2,(H,17,18)/t10-,11-,14+/m0/s1. The predicted molar refractivity (Wildman–Crippen MR) is 79.6 cm³/mol. The molecule has 3 atom stereocenters. The lowest BCUT2D eigenvalue weighted by Crippen LogP contribution is -2.39. The van der Waals surface area contributed by atoms with Gasteiger partial charge in [0, 0.05) is 16.0 Å². The van der Waals surface area contributed by atoms with Crippen LogP contribution in [0.2, 0.25) is 5.02 Å². The van der Waals surface area contributed by atoms with E-state index in [-0.39, 0.29) is 5.91 Å². The zero-order chi connectivity index (χ0) is 13.2. The Morgan fingerprint density at radius 1 is 1.26 bits per heavy atom. The van der Waals surface area contributed by atoms with Crippen LogP contribution in [0.3, 0.4) is 0 Å². The minimum Gasteiger partial charge on any atom is -0.352 e. The Hall–Kier alpha value is -0.670. The van der Waals surface area contributed by atoms with Crippen molar-refractivity contribution in [2.24, 2.45) is 11.8 Å². The van der Waals surface area contributed by atoms with E-state index >= 15 is 0 Å². The molecule has 1 amide bonds. The van der Waals surface area contributed by atoms with Crippen molar-refractivity contribution >= 4 is 29.3 Å². The largest absolute Gasteiger partial charge is 0.352 e. The Bertz CT molecular complexity index is 462. The van der Waals surface area contributed by atoms with Gasteiger partial charge in [-0.05, 0) is 55.4 Å². The van der Waals surface area contributed by atoms with E-state index in [1.165, 1.54) is 25.7 Å². The summed E-state index contributed by atoms with van der Waals surface area (Å²) in [4.78, 5) is 13.0. The van der Waals surface area contributed by atoms with Crippen LogP contribution in [0.25, 0.3) is 0 Å². The maximum Gasteiger partial charge on any atom is 0.230 e. The quantitative estimate of drug-likeness (QED) is 0.858. The van der Waals surface area contributed by atoms with Crippen molar-refractivity contribution < 1.29 is 4.79 Å². The molecule has 2 fully saturated rings. The van der Waals surface area contributed by atoms with E-state index in [4.69, 9.17) is 11.6 Å². The molecule has 2 aliphatic carbocycles. The van der Waals surface area contributed by atoms with Gasteiger partial charge < -0.3 is 5.32 Å². The summed E-state index contributed by atoms with van der Waals surface area (Å²) in [6.07, 6.45) is 5.20. The van der Waals surface area contributed by atoms with Gasteiger partial charge in [0.2, 0.25) is 5.91 Å². The third-order valence-electron chi connectivity index (χ3n) is 4.27. The molecule has 19 heavy (non-hydrogen) atoms. The van der Waals surface area contributed by atoms with Crippen molar-refractivity contribution in [1.29, 1.82) is 0 Å². The SMILES string of the molecule is O=C(CSc1ccc(Cl)cc1)N[C@@H]1C[C@H]2CC[C@H]1C2. The normalized spacial score (nSPS) is 28.6. The highest BCUT2D eigenvalue weighted by atomic mass is 35.5. The second-order valence-corrected chi connectivity index (χ2v) is 7.08. The molecule has 1 aromatic carbocycles. The zero-order valence-electron chi connectivity index (χ0n) is 10.8. The molecule has 0 radical (unpaired) electrons. The molecule has 102 valence electrons. The number of carbonyl (C=O) groups is 1. The fraction of sp³-hybridized carbons (Fsp3) is 0.533. The summed E-state index contributed by atoms with van der Waals surface area (Å²) in [7, 11) is 0. The van der Waals surface area contributed by atoms with Gasteiger partial charge in [-0.15, -0.1) is 11.8 Å². The van der Waals surface area contributed by atoms with Crippen LogP contribution in [0.4, 0.5) is 0 Å². The minimum absolute atomic E-state index is 0.164. The summed E-state index contributed by atoms with van der Waals surface area (Å²) in [5, 5.41) is 3.94. The van der Waals surface area contributed by atoms with E-state index < -0.39 is 0 Å². The van der Waals surface area contributed by atoms with E-state index in [1.807, 2.05) is 24.3 Å². The van der Waals surface area contributed by atoms with Crippen molar-refractivity contribution in [1.82, 2.24) is 5.32 Å². The smallest absolute Gasteiger partial charge is 0.230 e. The molecule has 3 rings (SSSR count). The average Bonchev–Trinajstić information content (AvgIpc) is 3.00. The maximum atomic E-state index is 12.0. The highest BCUT2D eigenvalue weighted by Crippen LogP contribution is 2.44. The van der Waals surface area contributed by atoms with Crippen LogP contribution in [0.5, 0.6) is 0 Å². The van der Waals surface area contributed by atoms with Crippen LogP contribution >= 0.6 is 23.4 Å². The van der Waals surface area contributed by atoms with E-state index in [0.717, 1.165) is 21.8 Å². The number of carbonyl (C=O) groups excluding carboxylic acids is 1. The molecule has 2 aliphatic rings. The molecule has 1 N–H and O–H groups in total. The van der Waals surface area contributed by atoms with Crippen molar-refractivity contribution in [2.45, 2.75) is 36.6 Å². The summed E-state index contributed by atoms with van der Waals surface area (Å²) in [5.74, 6) is 2.28. The molecule has 0 aliphatic heterocycles. The van der Waals surface area contributed by atoms with Crippen LogP contribution < -0.4 is 5.32 Å². The Morgan fingerprint density at radius 3 is 2.68 bits per heavy atom. The van der Waals surface area contributed by atoms with Crippen LogP contribution in [-0.4, -0.2) is 17.7 Å². The molecule has 0 unspecified atom stereocenters. The number of hydrogen-bond acceptors (Lipinski definition) is 2. The highest BCUT2D eigenvalue weighted by Gasteiger charge is 2.39. The molecule has 0 aromatic heterocycles. The number of rotatable bonds is 4. The average molecular weight is 296 g/mol. The molecule has 4 heteroatoms. The zero-order valence-corrected chi connectivity index (χ0v) is 12.3. The summed E-state index contributed by atoms with van der Waals surface area (Å²) in [6.45, 7) is 0. The number of fused-ring (bicyclic) bond motifs is 2. The van der Waals surface area contributed by atoms with Crippen molar-refractivity contribution in [2.75, 3.05) is 5.75 Å². The number of nitrogens with one attached hydrogen (secondary N) is 1. The molecule has 0 heterocycles. The first-order chi connectivity index (χ1) is 9.20. The minimum atomic E-state index is 0.164. The predicted octanol–water partition coefficient (Wildman–Crippen LogP) is 3.74. The molecular formula is C15H18ClNOS. The van der Waals surface area contributed by atoms with Crippen molar-refractivity contribution in [3.8, 4) is 0 Å². The van der Waals surface area contributed by atoms with E-state index in [0.29, 0.717) is 11.8 Å². The van der Waals surface area contributed by atoms with Gasteiger partial charge in [0.15, 0.2) is 0 Å². The lowest BCUT2D eigenvalue weighted by atomic mass is 9.95. The Labute approximate surface area is 123 Å². The second-order valence-electron chi connectivity index (χ2n) is 5.59. The van der Waals surface area contributed by atoms with Crippen LogP contribution in [0, 0.1) is 11.8 Å². The number of amides is 1. The molecular weight excluding hydrogens is 278 g/mol. The van der Waals surface area contributed by atoms with Gasteiger partial charge in [0.05, 0.1) is 5.75 Å². The third-order valence-corrected chi connectivity index (χ3v) is 5.53. The Morgan fingerprint density at radius 2 is 2.05 bits per heavy atom. The van der Waals surface area contributed by atoms with E-state index in [9.17, 15) is 4.79 Å². The van der Waals surface area contributed by atoms with Gasteiger partial charge in [-0.25, -0.2) is 0 Å². The van der Waals surface area contributed by atoms with E-state index in [1.54, 1.807) is 11.8 Å². The number of hydrogen-bond donors (Lipinski definition) is 1. The summed E-state index contributed by atoms with van der Waals surface area (Å²) in [6, 6.07) is 8.07. The first kappa shape index (κ1) is 13.3. The lowest BCUT2D eigenvalue weighted by Gasteiger charge is -2.22. The Balaban J connectivity index is 1.45. The summed E-state index contributed by atoms with van der Waals surface area (Å²) in [5.41, 5.74) is 0. The van der Waals surface area contributed by atoms with Crippen molar-refractivity contribution in [3.63, 3.8) is 0 Å². The fourth-order valence-corrected chi connectivity index (χ4v) is 4.19. The third kappa shape index (κ3) is 3.26. The number of halogens is 1. The number of thioether (sulfide) groups is 1. The lowest BCUT2D eigenvalue weighted by molar-refractivity contribution is -0.119. The molecule has 1 aromatic rings. The van der Waals surface area contributed by atoms with Crippen LogP contribution in [-0.2, 0) is 4.79 Å². The van der Waals surface area contributed by atoms with Gasteiger partial charge in [-0.1, -0.05) is 18.0 Å². The van der Waals surface area contributed by atoms with Gasteiger partial charge in [0.1, 0.15) is 0 Å². The first-order valence-electron chi connectivity index (χ1n) is 6.88. The maximum absolute atomic E-state index is 12.0. The highest BCUT2D eigenvalue weighted by molar-refractivity contribution is 8.00. The van der Waals surface area contributed by atoms with Gasteiger partial charge in [-0.2, -0.15) is 0 Å². The first-order valence-corrected chi connectivity index (χ1v) is 8.25. The van der Waals surface area contributed by atoms with Gasteiger partial charge in [-0.3, -0.25) is 4.79 Å². The molecule has 0 saturated heterocycles. The van der Waals surface area contributed by atoms with Crippen LogP contribution in [0.15, 0.2) is 29.2 Å². The van der Waals surface area contributed by atoms with Crippen LogP contribution in [0.1, 0.15) is 25.7 Å².